The number of aryl methyl sites for hydroxylation is 1. The Morgan fingerprint density at radius 2 is 1.95 bits per heavy atom. The van der Waals surface area contributed by atoms with Crippen molar-refractivity contribution >= 4 is 17.3 Å². The fourth-order valence-electron chi connectivity index (χ4n) is 2.81. The minimum absolute atomic E-state index is 0.0599. The van der Waals surface area contributed by atoms with E-state index < -0.39 is 4.92 Å². The van der Waals surface area contributed by atoms with Crippen LogP contribution in [0.15, 0.2) is 42.5 Å². The number of anilines is 1. The monoisotopic (exact) mass is 282 g/mol. The summed E-state index contributed by atoms with van der Waals surface area (Å²) >= 11 is 0. The van der Waals surface area contributed by atoms with Gasteiger partial charge in [-0.1, -0.05) is 35.9 Å². The number of hydrogen-bond acceptors (Lipinski definition) is 3. The van der Waals surface area contributed by atoms with E-state index in [1.165, 1.54) is 6.07 Å². The highest BCUT2D eigenvalue weighted by molar-refractivity contribution is 5.95. The molecular formula is C16H14N2O3. The second-order valence-electron chi connectivity index (χ2n) is 5.21. The first-order chi connectivity index (χ1) is 10.1. The van der Waals surface area contributed by atoms with Crippen LogP contribution in [-0.4, -0.2) is 10.8 Å². The van der Waals surface area contributed by atoms with Crippen molar-refractivity contribution in [3.05, 3.63) is 69.3 Å². The molecule has 1 atom stereocenters. The summed E-state index contributed by atoms with van der Waals surface area (Å²) in [5.41, 5.74) is 3.38. The van der Waals surface area contributed by atoms with Gasteiger partial charge in [0.2, 0.25) is 5.91 Å². The van der Waals surface area contributed by atoms with E-state index in [0.717, 1.165) is 16.8 Å². The predicted molar refractivity (Wildman–Crippen MR) is 79.4 cm³/mol. The molecule has 21 heavy (non-hydrogen) atoms. The maximum Gasteiger partial charge on any atom is 0.273 e. The molecule has 0 saturated heterocycles. The second kappa shape index (κ2) is 5.01. The Bertz CT molecular complexity index is 740. The molecular weight excluding hydrogens is 268 g/mol. The number of nitro groups is 1. The summed E-state index contributed by atoms with van der Waals surface area (Å²) < 4.78 is 0. The van der Waals surface area contributed by atoms with Crippen molar-refractivity contribution in [3.8, 4) is 0 Å². The molecule has 5 nitrogen and oxygen atoms in total. The second-order valence-corrected chi connectivity index (χ2v) is 5.21. The standard InChI is InChI=1S/C16H14N2O3/c1-10-6-7-14-13(8-10)12(9-16(19)17-14)11-4-2-3-5-15(11)18(20)21/h2-8,12H,9H2,1H3,(H,17,19). The molecule has 0 aliphatic carbocycles. The molecule has 1 N–H and O–H groups in total. The Balaban J connectivity index is 2.18. The fourth-order valence-corrected chi connectivity index (χ4v) is 2.81. The van der Waals surface area contributed by atoms with Crippen LogP contribution < -0.4 is 5.32 Å². The van der Waals surface area contributed by atoms with Gasteiger partial charge in [0, 0.05) is 29.7 Å². The molecule has 0 bridgehead atoms. The summed E-state index contributed by atoms with van der Waals surface area (Å²) in [6.45, 7) is 1.97. The molecule has 0 spiro atoms. The third-order valence-electron chi connectivity index (χ3n) is 3.75. The average molecular weight is 282 g/mol. The van der Waals surface area contributed by atoms with E-state index in [2.05, 4.69) is 5.32 Å². The molecule has 1 amide bonds. The molecule has 1 aliphatic rings. The number of carbonyl (C=O) groups is 1. The Hall–Kier alpha value is -2.69. The van der Waals surface area contributed by atoms with Gasteiger partial charge in [-0.2, -0.15) is 0 Å². The molecule has 0 fully saturated rings. The normalized spacial score (nSPS) is 17.0. The van der Waals surface area contributed by atoms with Crippen LogP contribution in [0, 0.1) is 17.0 Å². The van der Waals surface area contributed by atoms with Gasteiger partial charge < -0.3 is 5.32 Å². The minimum Gasteiger partial charge on any atom is -0.326 e. The maximum atomic E-state index is 11.9. The highest BCUT2D eigenvalue weighted by Gasteiger charge is 2.30. The lowest BCUT2D eigenvalue weighted by atomic mass is 9.83. The van der Waals surface area contributed by atoms with Gasteiger partial charge in [-0.05, 0) is 18.6 Å². The third kappa shape index (κ3) is 2.38. The smallest absolute Gasteiger partial charge is 0.273 e. The summed E-state index contributed by atoms with van der Waals surface area (Å²) in [7, 11) is 0. The number of rotatable bonds is 2. The van der Waals surface area contributed by atoms with Gasteiger partial charge >= 0.3 is 0 Å². The number of nitro benzene ring substituents is 1. The van der Waals surface area contributed by atoms with Crippen molar-refractivity contribution in [2.45, 2.75) is 19.3 Å². The Morgan fingerprint density at radius 1 is 1.19 bits per heavy atom. The third-order valence-corrected chi connectivity index (χ3v) is 3.75. The zero-order valence-electron chi connectivity index (χ0n) is 11.5. The van der Waals surface area contributed by atoms with Crippen molar-refractivity contribution in [2.75, 3.05) is 5.32 Å². The molecule has 1 unspecified atom stereocenters. The maximum absolute atomic E-state index is 11.9. The number of fused-ring (bicyclic) bond motifs is 1. The van der Waals surface area contributed by atoms with Gasteiger partial charge in [0.05, 0.1) is 4.92 Å². The minimum atomic E-state index is -0.392. The summed E-state index contributed by atoms with van der Waals surface area (Å²) in [6.07, 6.45) is 0.224. The number of nitrogens with zero attached hydrogens (tertiary/aromatic N) is 1. The lowest BCUT2D eigenvalue weighted by molar-refractivity contribution is -0.385. The summed E-state index contributed by atoms with van der Waals surface area (Å²) in [4.78, 5) is 22.7. The van der Waals surface area contributed by atoms with Crippen LogP contribution in [-0.2, 0) is 4.79 Å². The summed E-state index contributed by atoms with van der Waals surface area (Å²) in [6, 6.07) is 12.4. The van der Waals surface area contributed by atoms with Crippen LogP contribution in [0.1, 0.15) is 29.0 Å². The Kier molecular flexibility index (Phi) is 3.17. The molecule has 1 heterocycles. The molecule has 2 aromatic carbocycles. The quantitative estimate of drug-likeness (QED) is 0.678. The molecule has 0 saturated carbocycles. The molecule has 3 rings (SSSR count). The van der Waals surface area contributed by atoms with E-state index in [9.17, 15) is 14.9 Å². The number of benzene rings is 2. The molecule has 0 aromatic heterocycles. The van der Waals surface area contributed by atoms with Gasteiger partial charge in [0.25, 0.3) is 5.69 Å². The highest BCUT2D eigenvalue weighted by Crippen LogP contribution is 2.40. The van der Waals surface area contributed by atoms with E-state index in [1.54, 1.807) is 18.2 Å². The van der Waals surface area contributed by atoms with Crippen molar-refractivity contribution in [1.29, 1.82) is 0 Å². The van der Waals surface area contributed by atoms with Crippen LogP contribution in [0.2, 0.25) is 0 Å². The van der Waals surface area contributed by atoms with Crippen molar-refractivity contribution in [1.82, 2.24) is 0 Å². The highest BCUT2D eigenvalue weighted by atomic mass is 16.6. The van der Waals surface area contributed by atoms with Crippen LogP contribution in [0.4, 0.5) is 11.4 Å². The van der Waals surface area contributed by atoms with Crippen LogP contribution in [0.5, 0.6) is 0 Å². The topological polar surface area (TPSA) is 72.2 Å². The molecule has 1 aliphatic heterocycles. The molecule has 5 heteroatoms. The van der Waals surface area contributed by atoms with Crippen molar-refractivity contribution < 1.29 is 9.72 Å². The van der Waals surface area contributed by atoms with Crippen LogP contribution >= 0.6 is 0 Å². The van der Waals surface area contributed by atoms with E-state index in [1.807, 2.05) is 25.1 Å². The van der Waals surface area contributed by atoms with Crippen LogP contribution in [0.25, 0.3) is 0 Å². The lowest BCUT2D eigenvalue weighted by Crippen LogP contribution is -2.24. The number of hydrogen-bond donors (Lipinski definition) is 1. The van der Waals surface area contributed by atoms with E-state index in [0.29, 0.717) is 5.56 Å². The number of amides is 1. The van der Waals surface area contributed by atoms with Gasteiger partial charge in [-0.15, -0.1) is 0 Å². The first-order valence-corrected chi connectivity index (χ1v) is 6.70. The largest absolute Gasteiger partial charge is 0.326 e. The SMILES string of the molecule is Cc1ccc2c(c1)C(c1ccccc1[N+](=O)[O-])CC(=O)N2. The van der Waals surface area contributed by atoms with Gasteiger partial charge in [-0.25, -0.2) is 0 Å². The van der Waals surface area contributed by atoms with Gasteiger partial charge in [0.1, 0.15) is 0 Å². The zero-order valence-corrected chi connectivity index (χ0v) is 11.5. The van der Waals surface area contributed by atoms with E-state index in [-0.39, 0.29) is 23.9 Å². The Morgan fingerprint density at radius 3 is 2.71 bits per heavy atom. The van der Waals surface area contributed by atoms with Crippen LogP contribution in [0.3, 0.4) is 0 Å². The number of para-hydroxylation sites is 1. The average Bonchev–Trinajstić information content (AvgIpc) is 2.47. The number of carbonyl (C=O) groups excluding carboxylic acids is 1. The van der Waals surface area contributed by atoms with Gasteiger partial charge in [0.15, 0.2) is 0 Å². The Labute approximate surface area is 121 Å². The van der Waals surface area contributed by atoms with Crippen molar-refractivity contribution in [3.63, 3.8) is 0 Å². The predicted octanol–water partition coefficient (Wildman–Crippen LogP) is 3.38. The molecule has 2 aromatic rings. The zero-order chi connectivity index (χ0) is 15.0. The summed E-state index contributed by atoms with van der Waals surface area (Å²) in [5, 5.41) is 14.1. The lowest BCUT2D eigenvalue weighted by Gasteiger charge is -2.26. The fraction of sp³-hybridized carbons (Fsp3) is 0.188. The van der Waals surface area contributed by atoms with Crippen molar-refractivity contribution in [2.24, 2.45) is 0 Å². The first-order valence-electron chi connectivity index (χ1n) is 6.70. The van der Waals surface area contributed by atoms with E-state index >= 15 is 0 Å². The molecule has 106 valence electrons. The van der Waals surface area contributed by atoms with Gasteiger partial charge in [-0.3, -0.25) is 14.9 Å². The number of nitrogens with one attached hydrogen (secondary N) is 1. The molecule has 0 radical (unpaired) electrons. The van der Waals surface area contributed by atoms with E-state index in [4.69, 9.17) is 0 Å². The summed E-state index contributed by atoms with van der Waals surface area (Å²) in [5.74, 6) is -0.398. The first kappa shape index (κ1) is 13.3.